The van der Waals surface area contributed by atoms with Crippen LogP contribution in [0.5, 0.6) is 0 Å². The summed E-state index contributed by atoms with van der Waals surface area (Å²) in [6, 6.07) is 22.9. The third kappa shape index (κ3) is 4.58. The molecule has 1 N–H and O–H groups in total. The van der Waals surface area contributed by atoms with E-state index in [1.807, 2.05) is 36.4 Å². The van der Waals surface area contributed by atoms with Crippen LogP contribution in [0.4, 0.5) is 5.69 Å². The fourth-order valence-electron chi connectivity index (χ4n) is 3.11. The van der Waals surface area contributed by atoms with E-state index in [1.54, 1.807) is 30.3 Å². The zero-order valence-corrected chi connectivity index (χ0v) is 19.0. The van der Waals surface area contributed by atoms with Crippen molar-refractivity contribution in [1.29, 1.82) is 0 Å². The molecule has 5 nitrogen and oxygen atoms in total. The van der Waals surface area contributed by atoms with E-state index in [9.17, 15) is 13.2 Å². The molecule has 0 radical (unpaired) electrons. The van der Waals surface area contributed by atoms with Gasteiger partial charge in [0.05, 0.1) is 15.5 Å². The van der Waals surface area contributed by atoms with Crippen molar-refractivity contribution in [3.05, 3.63) is 94.3 Å². The highest BCUT2D eigenvalue weighted by Gasteiger charge is 2.22. The summed E-state index contributed by atoms with van der Waals surface area (Å²) in [5.74, 6) is -0.159. The van der Waals surface area contributed by atoms with Crippen LogP contribution in [0.2, 0.25) is 5.02 Å². The van der Waals surface area contributed by atoms with Crippen LogP contribution in [0.15, 0.2) is 83.8 Å². The Morgan fingerprint density at radius 3 is 2.42 bits per heavy atom. The number of hydrogen-bond donors (Lipinski definition) is 1. The maximum atomic E-state index is 12.9. The second-order valence-corrected chi connectivity index (χ2v) is 10.4. The first kappa shape index (κ1) is 21.4. The lowest BCUT2D eigenvalue weighted by molar-refractivity contribution is 0.0955. The van der Waals surface area contributed by atoms with Crippen molar-refractivity contribution in [2.45, 2.75) is 11.4 Å². The van der Waals surface area contributed by atoms with Gasteiger partial charge in [0.2, 0.25) is 0 Å². The van der Waals surface area contributed by atoms with Gasteiger partial charge in [0, 0.05) is 23.3 Å². The lowest BCUT2D eigenvalue weighted by Crippen LogP contribution is -2.26. The van der Waals surface area contributed by atoms with Gasteiger partial charge in [-0.3, -0.25) is 9.10 Å². The topological polar surface area (TPSA) is 66.5 Å². The first-order valence-electron chi connectivity index (χ1n) is 9.45. The van der Waals surface area contributed by atoms with Gasteiger partial charge >= 0.3 is 0 Å². The molecule has 0 fully saturated rings. The van der Waals surface area contributed by atoms with Crippen LogP contribution >= 0.6 is 22.9 Å². The van der Waals surface area contributed by atoms with Gasteiger partial charge in [-0.25, -0.2) is 8.42 Å². The van der Waals surface area contributed by atoms with E-state index in [4.69, 9.17) is 11.6 Å². The largest absolute Gasteiger partial charge is 0.347 e. The number of sulfonamides is 1. The first-order valence-corrected chi connectivity index (χ1v) is 12.1. The van der Waals surface area contributed by atoms with E-state index < -0.39 is 10.0 Å². The molecule has 0 bridgehead atoms. The Bertz CT molecular complexity index is 1330. The molecule has 1 amide bonds. The molecule has 0 aliphatic carbocycles. The van der Waals surface area contributed by atoms with E-state index in [2.05, 4.69) is 5.32 Å². The zero-order chi connectivity index (χ0) is 22.0. The van der Waals surface area contributed by atoms with Crippen LogP contribution in [-0.4, -0.2) is 21.4 Å². The number of hydrogen-bond acceptors (Lipinski definition) is 4. The molecular formula is C23H19ClN2O3S2. The molecule has 1 aromatic heterocycles. The molecule has 0 atom stereocenters. The van der Waals surface area contributed by atoms with Crippen LogP contribution < -0.4 is 9.62 Å². The predicted octanol–water partition coefficient (Wildman–Crippen LogP) is 5.31. The Balaban J connectivity index is 1.55. The summed E-state index contributed by atoms with van der Waals surface area (Å²) in [5.41, 5.74) is 1.53. The number of nitrogens with one attached hydrogen (secondary N) is 1. The van der Waals surface area contributed by atoms with Crippen LogP contribution in [0, 0.1) is 0 Å². The highest BCUT2D eigenvalue weighted by atomic mass is 35.5. The molecule has 1 heterocycles. The Hall–Kier alpha value is -2.87. The zero-order valence-electron chi connectivity index (χ0n) is 16.6. The van der Waals surface area contributed by atoms with E-state index in [0.29, 0.717) is 22.1 Å². The van der Waals surface area contributed by atoms with Crippen molar-refractivity contribution in [1.82, 2.24) is 5.32 Å². The molecular weight excluding hydrogens is 452 g/mol. The normalized spacial score (nSPS) is 11.4. The monoisotopic (exact) mass is 470 g/mol. The van der Waals surface area contributed by atoms with Crippen molar-refractivity contribution in [3.63, 3.8) is 0 Å². The van der Waals surface area contributed by atoms with Gasteiger partial charge in [0.15, 0.2) is 0 Å². The molecule has 0 aliphatic rings. The van der Waals surface area contributed by atoms with Crippen molar-refractivity contribution >= 4 is 54.6 Å². The Labute approximate surface area is 189 Å². The SMILES string of the molecule is CN(c1ccc2sc(C(=O)NCc3ccccc3)cc2c1)S(=O)(=O)c1ccc(Cl)cc1. The highest BCUT2D eigenvalue weighted by molar-refractivity contribution is 7.92. The Kier molecular flexibility index (Phi) is 6.00. The molecule has 0 saturated heterocycles. The number of nitrogens with zero attached hydrogens (tertiary/aromatic N) is 1. The van der Waals surface area contributed by atoms with Crippen LogP contribution in [0.25, 0.3) is 10.1 Å². The highest BCUT2D eigenvalue weighted by Crippen LogP contribution is 2.31. The number of carbonyl (C=O) groups is 1. The van der Waals surface area contributed by atoms with Gasteiger partial charge < -0.3 is 5.32 Å². The molecule has 158 valence electrons. The van der Waals surface area contributed by atoms with E-state index in [-0.39, 0.29) is 10.8 Å². The van der Waals surface area contributed by atoms with Crippen molar-refractivity contribution < 1.29 is 13.2 Å². The van der Waals surface area contributed by atoms with Crippen LogP contribution in [0.1, 0.15) is 15.2 Å². The molecule has 0 saturated carbocycles. The first-order chi connectivity index (χ1) is 14.8. The summed E-state index contributed by atoms with van der Waals surface area (Å²) in [6.45, 7) is 0.446. The van der Waals surface area contributed by atoms with Gasteiger partial charge in [-0.05, 0) is 59.5 Å². The van der Waals surface area contributed by atoms with E-state index >= 15 is 0 Å². The number of halogens is 1. The maximum Gasteiger partial charge on any atom is 0.264 e. The van der Waals surface area contributed by atoms with E-state index in [0.717, 1.165) is 15.6 Å². The number of fused-ring (bicyclic) bond motifs is 1. The molecule has 8 heteroatoms. The van der Waals surface area contributed by atoms with Crippen molar-refractivity contribution in [2.24, 2.45) is 0 Å². The summed E-state index contributed by atoms with van der Waals surface area (Å²) >= 11 is 7.24. The summed E-state index contributed by atoms with van der Waals surface area (Å²) in [5, 5.41) is 4.20. The number of carbonyl (C=O) groups excluding carboxylic acids is 1. The summed E-state index contributed by atoms with van der Waals surface area (Å²) in [6.07, 6.45) is 0. The van der Waals surface area contributed by atoms with Gasteiger partial charge in [-0.1, -0.05) is 41.9 Å². The van der Waals surface area contributed by atoms with Crippen LogP contribution in [-0.2, 0) is 16.6 Å². The Morgan fingerprint density at radius 2 is 1.71 bits per heavy atom. The second-order valence-electron chi connectivity index (χ2n) is 6.93. The summed E-state index contributed by atoms with van der Waals surface area (Å²) in [7, 11) is -2.22. The lowest BCUT2D eigenvalue weighted by Gasteiger charge is -2.19. The quantitative estimate of drug-likeness (QED) is 0.415. The fraction of sp³-hybridized carbons (Fsp3) is 0.0870. The van der Waals surface area contributed by atoms with Gasteiger partial charge in [0.25, 0.3) is 15.9 Å². The summed E-state index contributed by atoms with van der Waals surface area (Å²) < 4.78 is 28.0. The smallest absolute Gasteiger partial charge is 0.264 e. The minimum absolute atomic E-state index is 0.158. The van der Waals surface area contributed by atoms with Gasteiger partial charge in [-0.2, -0.15) is 0 Å². The number of thiophene rings is 1. The van der Waals surface area contributed by atoms with Crippen LogP contribution in [0.3, 0.4) is 0 Å². The number of rotatable bonds is 6. The van der Waals surface area contributed by atoms with Gasteiger partial charge in [-0.15, -0.1) is 11.3 Å². The average molecular weight is 471 g/mol. The number of benzene rings is 3. The molecule has 31 heavy (non-hydrogen) atoms. The second kappa shape index (κ2) is 8.70. The third-order valence-corrected chi connectivity index (χ3v) is 8.02. The fourth-order valence-corrected chi connectivity index (χ4v) is 5.38. The third-order valence-electron chi connectivity index (χ3n) is 4.86. The minimum Gasteiger partial charge on any atom is -0.347 e. The standard InChI is InChI=1S/C23H19ClN2O3S2/c1-26(31(28,29)20-10-7-18(24)8-11-20)19-9-12-21-17(13-19)14-22(30-21)23(27)25-15-16-5-3-2-4-6-16/h2-14H,15H2,1H3,(H,25,27). The molecule has 0 spiro atoms. The average Bonchev–Trinajstić information content (AvgIpc) is 3.21. The maximum absolute atomic E-state index is 12.9. The molecule has 0 unspecified atom stereocenters. The predicted molar refractivity (Wildman–Crippen MR) is 126 cm³/mol. The molecule has 4 rings (SSSR count). The Morgan fingerprint density at radius 1 is 1.00 bits per heavy atom. The van der Waals surface area contributed by atoms with Crippen molar-refractivity contribution in [2.75, 3.05) is 11.4 Å². The van der Waals surface area contributed by atoms with E-state index in [1.165, 1.54) is 34.8 Å². The molecule has 4 aromatic rings. The van der Waals surface area contributed by atoms with Crippen molar-refractivity contribution in [3.8, 4) is 0 Å². The number of anilines is 1. The molecule has 0 aliphatic heterocycles. The molecule has 3 aromatic carbocycles. The lowest BCUT2D eigenvalue weighted by atomic mass is 10.2. The van der Waals surface area contributed by atoms with Gasteiger partial charge in [0.1, 0.15) is 0 Å². The summed E-state index contributed by atoms with van der Waals surface area (Å²) in [4.78, 5) is 13.3. The minimum atomic E-state index is -3.73. The number of amides is 1.